The molecular weight excluding hydrogens is 464 g/mol. The first kappa shape index (κ1) is 29.0. The number of allylic oxidation sites excluding steroid dienone is 1. The Morgan fingerprint density at radius 2 is 1.92 bits per heavy atom. The van der Waals surface area contributed by atoms with E-state index in [1.807, 2.05) is 18.2 Å². The Kier molecular flexibility index (Phi) is 10.8. The lowest BCUT2D eigenvalue weighted by Crippen LogP contribution is -2.80. The van der Waals surface area contributed by atoms with E-state index in [1.54, 1.807) is 12.1 Å². The Bertz CT molecular complexity index is 801. The summed E-state index contributed by atoms with van der Waals surface area (Å²) in [6, 6.07) is 7.45. The van der Waals surface area contributed by atoms with Gasteiger partial charge in [0.2, 0.25) is 6.29 Å². The van der Waals surface area contributed by atoms with Crippen molar-refractivity contribution in [1.82, 2.24) is 0 Å². The summed E-state index contributed by atoms with van der Waals surface area (Å²) in [6.07, 6.45) is 1.96. The second-order valence-corrected chi connectivity index (χ2v) is 10.1. The summed E-state index contributed by atoms with van der Waals surface area (Å²) >= 11 is 0. The number of ether oxygens (including phenoxy) is 3. The molecule has 8 nitrogen and oxygen atoms in total. The molecule has 5 N–H and O–H groups in total. The van der Waals surface area contributed by atoms with Gasteiger partial charge in [-0.15, -0.1) is 6.58 Å². The third-order valence-corrected chi connectivity index (χ3v) is 7.70. The van der Waals surface area contributed by atoms with Crippen molar-refractivity contribution in [2.24, 2.45) is 5.92 Å². The molecule has 2 aliphatic rings. The lowest BCUT2D eigenvalue weighted by atomic mass is 9.60. The van der Waals surface area contributed by atoms with Crippen LogP contribution in [0.5, 0.6) is 5.75 Å². The topological polar surface area (TPSA) is 129 Å². The average Bonchev–Trinajstić information content (AvgIpc) is 2.87. The van der Waals surface area contributed by atoms with E-state index in [0.717, 1.165) is 24.8 Å². The molecule has 1 saturated heterocycles. The second-order valence-electron chi connectivity index (χ2n) is 10.1. The van der Waals surface area contributed by atoms with Gasteiger partial charge in [0.1, 0.15) is 23.6 Å². The van der Waals surface area contributed by atoms with Crippen LogP contribution in [0.15, 0.2) is 36.9 Å². The van der Waals surface area contributed by atoms with E-state index in [2.05, 4.69) is 13.5 Å². The maximum absolute atomic E-state index is 11.8. The van der Waals surface area contributed by atoms with Gasteiger partial charge >= 0.3 is 0 Å². The molecular formula is C28H44O8. The molecule has 0 radical (unpaired) electrons. The van der Waals surface area contributed by atoms with Gasteiger partial charge in [0.05, 0.1) is 6.10 Å². The molecule has 1 aromatic carbocycles. The zero-order valence-electron chi connectivity index (χ0n) is 21.4. The predicted molar refractivity (Wildman–Crippen MR) is 136 cm³/mol. The van der Waals surface area contributed by atoms with Gasteiger partial charge in [-0.2, -0.15) is 0 Å². The van der Waals surface area contributed by atoms with E-state index >= 15 is 0 Å². The van der Waals surface area contributed by atoms with Gasteiger partial charge < -0.3 is 39.7 Å². The van der Waals surface area contributed by atoms with Crippen molar-refractivity contribution in [1.29, 1.82) is 0 Å². The molecule has 0 unspecified atom stereocenters. The minimum Gasteiger partial charge on any atom is -0.462 e. The third-order valence-electron chi connectivity index (χ3n) is 7.70. The van der Waals surface area contributed by atoms with Crippen LogP contribution in [-0.4, -0.2) is 81.2 Å². The average molecular weight is 509 g/mol. The zero-order chi connectivity index (χ0) is 26.2. The fourth-order valence-electron chi connectivity index (χ4n) is 5.74. The lowest BCUT2D eigenvalue weighted by Gasteiger charge is -2.62. The van der Waals surface area contributed by atoms with Crippen LogP contribution in [0.3, 0.4) is 0 Å². The Morgan fingerprint density at radius 3 is 2.56 bits per heavy atom. The minimum atomic E-state index is -1.76. The first-order chi connectivity index (χ1) is 17.4. The Hall–Kier alpha value is -1.52. The highest BCUT2D eigenvalue weighted by Gasteiger charge is 2.70. The summed E-state index contributed by atoms with van der Waals surface area (Å²) in [7, 11) is 0. The highest BCUT2D eigenvalue weighted by Crippen LogP contribution is 2.53. The quantitative estimate of drug-likeness (QED) is 0.181. The minimum absolute atomic E-state index is 0.106. The number of aliphatic hydroxyl groups is 5. The van der Waals surface area contributed by atoms with Gasteiger partial charge in [-0.1, -0.05) is 38.0 Å². The van der Waals surface area contributed by atoms with Gasteiger partial charge in [0.25, 0.3) is 0 Å². The predicted octanol–water partition coefficient (Wildman–Crippen LogP) is 2.48. The summed E-state index contributed by atoms with van der Waals surface area (Å²) in [5, 5.41) is 53.5. The molecule has 1 aliphatic carbocycles. The summed E-state index contributed by atoms with van der Waals surface area (Å²) in [5.41, 5.74) is -2.13. The molecule has 0 aromatic heterocycles. The van der Waals surface area contributed by atoms with E-state index in [4.69, 9.17) is 14.2 Å². The van der Waals surface area contributed by atoms with E-state index in [9.17, 15) is 25.5 Å². The summed E-state index contributed by atoms with van der Waals surface area (Å²) in [6.45, 7) is 5.97. The molecule has 3 rings (SSSR count). The number of hydrogen-bond acceptors (Lipinski definition) is 8. The maximum atomic E-state index is 11.8. The monoisotopic (exact) mass is 508 g/mol. The molecule has 204 valence electrons. The number of rotatable bonds is 15. The Labute approximate surface area is 214 Å². The van der Waals surface area contributed by atoms with Gasteiger partial charge in [-0.25, -0.2) is 0 Å². The summed E-state index contributed by atoms with van der Waals surface area (Å²) in [5.74, 6) is 0.166. The van der Waals surface area contributed by atoms with Crippen molar-refractivity contribution < 1.29 is 39.7 Å². The van der Waals surface area contributed by atoms with Crippen molar-refractivity contribution in [3.8, 4) is 5.75 Å². The molecule has 1 aromatic rings. The molecule has 0 spiro atoms. The molecule has 7 atom stereocenters. The molecule has 2 fully saturated rings. The van der Waals surface area contributed by atoms with E-state index < -0.39 is 35.8 Å². The number of fused-ring (bicyclic) bond motifs is 2. The van der Waals surface area contributed by atoms with Crippen molar-refractivity contribution in [2.75, 3.05) is 19.8 Å². The van der Waals surface area contributed by atoms with Crippen LogP contribution in [0.25, 0.3) is 0 Å². The molecule has 36 heavy (non-hydrogen) atoms. The zero-order valence-corrected chi connectivity index (χ0v) is 21.4. The Morgan fingerprint density at radius 1 is 1.17 bits per heavy atom. The van der Waals surface area contributed by atoms with Crippen LogP contribution < -0.4 is 4.74 Å². The number of hydrogen-bond donors (Lipinski definition) is 5. The molecule has 1 saturated carbocycles. The fourth-order valence-corrected chi connectivity index (χ4v) is 5.74. The highest BCUT2D eigenvalue weighted by atomic mass is 16.7. The SMILES string of the molecule is C=CCc1ccc(O[C@H]2O[C@H]([C@H](O)CCCO)[C@]3(O)CC[C@H](CCO)[C@@]2(OCCCCC)[C@H]3O)cc1. The second kappa shape index (κ2) is 13.3. The van der Waals surface area contributed by atoms with E-state index in [-0.39, 0.29) is 32.0 Å². The maximum Gasteiger partial charge on any atom is 0.232 e. The molecule has 1 aliphatic heterocycles. The first-order valence-corrected chi connectivity index (χ1v) is 13.3. The van der Waals surface area contributed by atoms with Crippen LogP contribution in [0, 0.1) is 5.92 Å². The largest absolute Gasteiger partial charge is 0.462 e. The standard InChI is InChI=1S/C28H44O8/c1-3-5-6-19-34-28-21(15-18-30)14-16-27(33,25(28)32)24(23(31)9-7-17-29)36-26(28)35-22-12-10-20(8-4-2)11-13-22/h4,10-13,21,23-26,29-33H,2-3,5-9,14-19H2,1H3/t21-,23-,24-,25+,26+,27-,28-/m1/s1. The van der Waals surface area contributed by atoms with Gasteiger partial charge in [-0.3, -0.25) is 0 Å². The van der Waals surface area contributed by atoms with Gasteiger partial charge in [0, 0.05) is 19.8 Å². The third kappa shape index (κ3) is 5.96. The molecule has 1 heterocycles. The molecule has 2 bridgehead atoms. The first-order valence-electron chi connectivity index (χ1n) is 13.3. The summed E-state index contributed by atoms with van der Waals surface area (Å²) in [4.78, 5) is 0. The normalized spacial score (nSPS) is 32.7. The molecule has 8 heteroatoms. The van der Waals surface area contributed by atoms with Crippen molar-refractivity contribution in [3.05, 3.63) is 42.5 Å². The number of unbranched alkanes of at least 4 members (excludes halogenated alkanes) is 2. The van der Waals surface area contributed by atoms with Gasteiger partial charge in [0.15, 0.2) is 5.60 Å². The van der Waals surface area contributed by atoms with Crippen LogP contribution in [0.4, 0.5) is 0 Å². The fraction of sp³-hybridized carbons (Fsp3) is 0.714. The number of benzene rings is 1. The van der Waals surface area contributed by atoms with E-state index in [0.29, 0.717) is 38.0 Å². The van der Waals surface area contributed by atoms with E-state index in [1.165, 1.54) is 0 Å². The van der Waals surface area contributed by atoms with Crippen molar-refractivity contribution >= 4 is 0 Å². The molecule has 0 amide bonds. The van der Waals surface area contributed by atoms with Crippen molar-refractivity contribution in [3.63, 3.8) is 0 Å². The van der Waals surface area contributed by atoms with Crippen LogP contribution in [0.2, 0.25) is 0 Å². The van der Waals surface area contributed by atoms with Crippen LogP contribution in [-0.2, 0) is 15.9 Å². The highest BCUT2D eigenvalue weighted by molar-refractivity contribution is 5.29. The summed E-state index contributed by atoms with van der Waals surface area (Å²) < 4.78 is 19.1. The van der Waals surface area contributed by atoms with Crippen LogP contribution >= 0.6 is 0 Å². The lowest BCUT2D eigenvalue weighted by molar-refractivity contribution is -0.396. The number of aliphatic hydroxyl groups excluding tert-OH is 4. The Balaban J connectivity index is 2.00. The van der Waals surface area contributed by atoms with Crippen LogP contribution in [0.1, 0.15) is 63.9 Å². The van der Waals surface area contributed by atoms with Crippen molar-refractivity contribution in [2.45, 2.75) is 101 Å². The van der Waals surface area contributed by atoms with Gasteiger partial charge in [-0.05, 0) is 68.6 Å². The smallest absolute Gasteiger partial charge is 0.232 e.